The number of nitrogens with zero attached hydrogens (tertiary/aromatic N) is 3. The van der Waals surface area contributed by atoms with Crippen LogP contribution in [0.4, 0.5) is 5.82 Å². The van der Waals surface area contributed by atoms with E-state index < -0.39 is 0 Å². The highest BCUT2D eigenvalue weighted by atomic mass is 32.1. The lowest BCUT2D eigenvalue weighted by Gasteiger charge is -2.09. The van der Waals surface area contributed by atoms with Gasteiger partial charge in [-0.25, -0.2) is 9.98 Å². The highest BCUT2D eigenvalue weighted by Gasteiger charge is 2.09. The van der Waals surface area contributed by atoms with Crippen molar-refractivity contribution < 1.29 is 0 Å². The van der Waals surface area contributed by atoms with Crippen molar-refractivity contribution in [1.29, 1.82) is 0 Å². The van der Waals surface area contributed by atoms with Gasteiger partial charge in [-0.05, 0) is 29.8 Å². The van der Waals surface area contributed by atoms with Gasteiger partial charge in [-0.2, -0.15) is 0 Å². The predicted octanol–water partition coefficient (Wildman–Crippen LogP) is 4.83. The summed E-state index contributed by atoms with van der Waals surface area (Å²) in [6, 6.07) is 26.4. The SMILES string of the molecule is c1ccc(-c2cs/c(=N\c3ccccn3)n2-c2ccccc2)cc1. The Morgan fingerprint density at radius 2 is 1.50 bits per heavy atom. The predicted molar refractivity (Wildman–Crippen MR) is 98.5 cm³/mol. The van der Waals surface area contributed by atoms with Gasteiger partial charge in [-0.3, -0.25) is 4.57 Å². The number of hydrogen-bond donors (Lipinski definition) is 0. The van der Waals surface area contributed by atoms with Gasteiger partial charge in [-0.1, -0.05) is 54.6 Å². The third-order valence-electron chi connectivity index (χ3n) is 3.65. The average Bonchev–Trinajstić information content (AvgIpc) is 3.07. The van der Waals surface area contributed by atoms with Crippen molar-refractivity contribution in [3.63, 3.8) is 0 Å². The van der Waals surface area contributed by atoms with Gasteiger partial charge >= 0.3 is 0 Å². The summed E-state index contributed by atoms with van der Waals surface area (Å²) in [6.45, 7) is 0. The Labute approximate surface area is 144 Å². The summed E-state index contributed by atoms with van der Waals surface area (Å²) in [5.41, 5.74) is 3.38. The molecule has 0 saturated heterocycles. The molecule has 0 aliphatic heterocycles. The highest BCUT2D eigenvalue weighted by Crippen LogP contribution is 2.23. The molecule has 4 rings (SSSR count). The second kappa shape index (κ2) is 6.64. The Morgan fingerprint density at radius 1 is 0.792 bits per heavy atom. The Kier molecular flexibility index (Phi) is 4.04. The van der Waals surface area contributed by atoms with Crippen molar-refractivity contribution in [3.8, 4) is 16.9 Å². The van der Waals surface area contributed by atoms with Crippen LogP contribution in [-0.4, -0.2) is 9.55 Å². The number of benzene rings is 2. The molecule has 3 nitrogen and oxygen atoms in total. The first-order valence-electron chi connectivity index (χ1n) is 7.69. The number of pyridine rings is 1. The molecule has 24 heavy (non-hydrogen) atoms. The third kappa shape index (κ3) is 2.92. The molecule has 0 amide bonds. The van der Waals surface area contributed by atoms with Gasteiger partial charge in [-0.15, -0.1) is 11.3 Å². The van der Waals surface area contributed by atoms with Gasteiger partial charge in [0.1, 0.15) is 0 Å². The number of para-hydroxylation sites is 1. The van der Waals surface area contributed by atoms with Gasteiger partial charge in [0.2, 0.25) is 0 Å². The van der Waals surface area contributed by atoms with Crippen molar-refractivity contribution in [2.75, 3.05) is 0 Å². The lowest BCUT2D eigenvalue weighted by molar-refractivity contribution is 1.00. The smallest absolute Gasteiger partial charge is 0.196 e. The van der Waals surface area contributed by atoms with Gasteiger partial charge in [0, 0.05) is 17.3 Å². The van der Waals surface area contributed by atoms with E-state index in [0.29, 0.717) is 5.82 Å². The monoisotopic (exact) mass is 329 g/mol. The lowest BCUT2D eigenvalue weighted by atomic mass is 10.1. The molecule has 0 aliphatic carbocycles. The van der Waals surface area contributed by atoms with Crippen LogP contribution in [0.25, 0.3) is 16.9 Å². The largest absolute Gasteiger partial charge is 0.285 e. The minimum Gasteiger partial charge on any atom is -0.285 e. The normalized spacial score (nSPS) is 11.6. The summed E-state index contributed by atoms with van der Waals surface area (Å²) in [4.78, 5) is 9.95. The molecule has 4 aromatic rings. The van der Waals surface area contributed by atoms with Crippen molar-refractivity contribution in [2.45, 2.75) is 0 Å². The summed E-state index contributed by atoms with van der Waals surface area (Å²) in [5, 5.41) is 2.14. The quantitative estimate of drug-likeness (QED) is 0.529. The molecule has 2 aromatic heterocycles. The topological polar surface area (TPSA) is 30.2 Å². The zero-order chi connectivity index (χ0) is 16.2. The summed E-state index contributed by atoms with van der Waals surface area (Å²) < 4.78 is 2.18. The van der Waals surface area contributed by atoms with Crippen molar-refractivity contribution in [1.82, 2.24) is 9.55 Å². The van der Waals surface area contributed by atoms with E-state index in [0.717, 1.165) is 16.2 Å². The minimum atomic E-state index is 0.712. The lowest BCUT2D eigenvalue weighted by Crippen LogP contribution is -2.13. The first-order valence-corrected chi connectivity index (χ1v) is 8.57. The fourth-order valence-electron chi connectivity index (χ4n) is 2.54. The molecule has 0 aliphatic rings. The van der Waals surface area contributed by atoms with E-state index in [2.05, 4.69) is 51.3 Å². The van der Waals surface area contributed by atoms with E-state index in [1.807, 2.05) is 42.5 Å². The summed E-state index contributed by atoms with van der Waals surface area (Å²) in [6.07, 6.45) is 1.76. The summed E-state index contributed by atoms with van der Waals surface area (Å²) >= 11 is 1.62. The van der Waals surface area contributed by atoms with Crippen LogP contribution in [-0.2, 0) is 0 Å². The van der Waals surface area contributed by atoms with Crippen LogP contribution >= 0.6 is 11.3 Å². The van der Waals surface area contributed by atoms with Crippen LogP contribution in [0.3, 0.4) is 0 Å². The number of hydrogen-bond acceptors (Lipinski definition) is 3. The first kappa shape index (κ1) is 14.6. The molecule has 4 heteroatoms. The van der Waals surface area contributed by atoms with E-state index in [1.165, 1.54) is 5.56 Å². The molecule has 0 fully saturated rings. The number of rotatable bonds is 3. The van der Waals surface area contributed by atoms with Crippen molar-refractivity contribution in [3.05, 3.63) is 95.2 Å². The maximum Gasteiger partial charge on any atom is 0.196 e. The van der Waals surface area contributed by atoms with Crippen LogP contribution in [0.15, 0.2) is 95.4 Å². The molecule has 0 saturated carbocycles. The fraction of sp³-hybridized carbons (Fsp3) is 0. The van der Waals surface area contributed by atoms with Gasteiger partial charge in [0.05, 0.1) is 5.69 Å². The second-order valence-electron chi connectivity index (χ2n) is 5.24. The van der Waals surface area contributed by atoms with Gasteiger partial charge in [0.25, 0.3) is 0 Å². The van der Waals surface area contributed by atoms with Crippen LogP contribution in [0.1, 0.15) is 0 Å². The molecule has 2 aromatic carbocycles. The fourth-order valence-corrected chi connectivity index (χ4v) is 3.46. The molecule has 0 spiro atoms. The zero-order valence-electron chi connectivity index (χ0n) is 12.9. The van der Waals surface area contributed by atoms with E-state index in [-0.39, 0.29) is 0 Å². The Hall–Kier alpha value is -2.98. The minimum absolute atomic E-state index is 0.712. The van der Waals surface area contributed by atoms with E-state index in [9.17, 15) is 0 Å². The summed E-state index contributed by atoms with van der Waals surface area (Å²) in [7, 11) is 0. The molecule has 0 atom stereocenters. The van der Waals surface area contributed by atoms with Gasteiger partial charge in [0.15, 0.2) is 10.6 Å². The molecular weight excluding hydrogens is 314 g/mol. The maximum absolute atomic E-state index is 4.73. The molecule has 0 radical (unpaired) electrons. The Balaban J connectivity index is 1.96. The Bertz CT molecular complexity index is 987. The maximum atomic E-state index is 4.73. The molecule has 0 unspecified atom stereocenters. The average molecular weight is 329 g/mol. The van der Waals surface area contributed by atoms with Crippen molar-refractivity contribution in [2.24, 2.45) is 4.99 Å². The van der Waals surface area contributed by atoms with Crippen LogP contribution < -0.4 is 4.80 Å². The zero-order valence-corrected chi connectivity index (χ0v) is 13.7. The standard InChI is InChI=1S/C20H15N3S/c1-3-9-16(10-4-1)18-15-24-20(22-19-13-7-8-14-21-19)23(18)17-11-5-2-6-12-17/h1-15H/b22-20-. The first-order chi connectivity index (χ1) is 11.9. The van der Waals surface area contributed by atoms with Crippen molar-refractivity contribution >= 4 is 17.2 Å². The van der Waals surface area contributed by atoms with Crippen LogP contribution in [0, 0.1) is 0 Å². The van der Waals surface area contributed by atoms with Gasteiger partial charge < -0.3 is 0 Å². The van der Waals surface area contributed by atoms with Crippen LogP contribution in [0.2, 0.25) is 0 Å². The molecule has 0 bridgehead atoms. The molecular formula is C20H15N3S. The third-order valence-corrected chi connectivity index (χ3v) is 4.48. The molecule has 116 valence electrons. The number of thiazole rings is 1. The molecule has 2 heterocycles. The van der Waals surface area contributed by atoms with E-state index >= 15 is 0 Å². The number of aromatic nitrogens is 2. The van der Waals surface area contributed by atoms with E-state index in [4.69, 9.17) is 4.99 Å². The Morgan fingerprint density at radius 3 is 2.21 bits per heavy atom. The van der Waals surface area contributed by atoms with Crippen LogP contribution in [0.5, 0.6) is 0 Å². The second-order valence-corrected chi connectivity index (χ2v) is 6.08. The molecule has 0 N–H and O–H groups in total. The van der Waals surface area contributed by atoms with E-state index in [1.54, 1.807) is 17.5 Å². The summed E-state index contributed by atoms with van der Waals surface area (Å²) in [5.74, 6) is 0.712. The highest BCUT2D eigenvalue weighted by molar-refractivity contribution is 7.07.